The van der Waals surface area contributed by atoms with Gasteiger partial charge in [-0.3, -0.25) is 4.79 Å². The summed E-state index contributed by atoms with van der Waals surface area (Å²) in [5.41, 5.74) is 2.34. The number of carbonyl (C=O) groups is 1. The van der Waals surface area contributed by atoms with E-state index in [1.54, 1.807) is 7.05 Å². The Labute approximate surface area is 119 Å². The van der Waals surface area contributed by atoms with E-state index in [0.29, 0.717) is 12.2 Å². The summed E-state index contributed by atoms with van der Waals surface area (Å²) in [6.07, 6.45) is 5.39. The third-order valence-corrected chi connectivity index (χ3v) is 3.19. The maximum atomic E-state index is 11.9. The van der Waals surface area contributed by atoms with Gasteiger partial charge >= 0.3 is 0 Å². The van der Waals surface area contributed by atoms with E-state index >= 15 is 0 Å². The number of hydrogen-bond acceptors (Lipinski definition) is 3. The Balaban J connectivity index is 1.89. The van der Waals surface area contributed by atoms with Crippen molar-refractivity contribution in [3.05, 3.63) is 41.6 Å². The molecule has 106 valence electrons. The van der Waals surface area contributed by atoms with Crippen LogP contribution in [0.1, 0.15) is 30.9 Å². The van der Waals surface area contributed by atoms with Gasteiger partial charge in [0.1, 0.15) is 0 Å². The van der Waals surface area contributed by atoms with Crippen molar-refractivity contribution in [1.82, 2.24) is 15.0 Å². The van der Waals surface area contributed by atoms with E-state index in [-0.39, 0.29) is 5.91 Å². The summed E-state index contributed by atoms with van der Waals surface area (Å²) in [7, 11) is 1.74. The number of benzene rings is 1. The number of carbonyl (C=O) groups excluding carboxylic acids is 1. The number of aryl methyl sites for hydroxylation is 2. The molecule has 20 heavy (non-hydrogen) atoms. The summed E-state index contributed by atoms with van der Waals surface area (Å²) >= 11 is 0. The van der Waals surface area contributed by atoms with Gasteiger partial charge in [-0.05, 0) is 24.0 Å². The van der Waals surface area contributed by atoms with Crippen molar-refractivity contribution in [2.24, 2.45) is 7.05 Å². The number of nitrogens with one attached hydrogen (secondary N) is 1. The first-order valence-electron chi connectivity index (χ1n) is 6.91. The normalized spacial score (nSPS) is 10.5. The summed E-state index contributed by atoms with van der Waals surface area (Å²) in [6, 6.07) is 8.24. The van der Waals surface area contributed by atoms with E-state index in [2.05, 4.69) is 34.7 Å². The second-order valence-electron chi connectivity index (χ2n) is 4.89. The summed E-state index contributed by atoms with van der Waals surface area (Å²) < 4.78 is 1.53. The number of nitrogens with zero attached hydrogens (tertiary/aromatic N) is 3. The smallest absolute Gasteiger partial charge is 0.229 e. The highest BCUT2D eigenvalue weighted by molar-refractivity contribution is 5.91. The third kappa shape index (κ3) is 3.91. The standard InChI is InChI=1S/C15H20N4O/c1-3-4-5-12-6-8-13(9-7-12)10-15(20)17-14-11-16-18-19(14)2/h6-9,11H,3-5,10H2,1-2H3,(H,17,20). The van der Waals surface area contributed by atoms with E-state index in [0.717, 1.165) is 12.0 Å². The van der Waals surface area contributed by atoms with Gasteiger partial charge in [-0.25, -0.2) is 4.68 Å². The topological polar surface area (TPSA) is 59.8 Å². The van der Waals surface area contributed by atoms with Gasteiger partial charge in [0.25, 0.3) is 0 Å². The molecule has 5 nitrogen and oxygen atoms in total. The molecule has 1 aromatic heterocycles. The van der Waals surface area contributed by atoms with Crippen molar-refractivity contribution >= 4 is 11.7 Å². The molecule has 5 heteroatoms. The van der Waals surface area contributed by atoms with Crippen LogP contribution in [0.3, 0.4) is 0 Å². The Bertz CT molecular complexity index is 560. The minimum atomic E-state index is -0.0586. The number of amides is 1. The number of aromatic nitrogens is 3. The van der Waals surface area contributed by atoms with Crippen molar-refractivity contribution in [2.75, 3.05) is 5.32 Å². The van der Waals surface area contributed by atoms with Crippen LogP contribution in [-0.2, 0) is 24.7 Å². The summed E-state index contributed by atoms with van der Waals surface area (Å²) in [5, 5.41) is 10.3. The fraction of sp³-hybridized carbons (Fsp3) is 0.400. The van der Waals surface area contributed by atoms with Crippen LogP contribution in [0.15, 0.2) is 30.5 Å². The average molecular weight is 272 g/mol. The maximum absolute atomic E-state index is 11.9. The largest absolute Gasteiger partial charge is 0.309 e. The molecule has 0 saturated carbocycles. The summed E-state index contributed by atoms with van der Waals surface area (Å²) in [4.78, 5) is 11.9. The van der Waals surface area contributed by atoms with Gasteiger partial charge < -0.3 is 5.32 Å². The fourth-order valence-electron chi connectivity index (χ4n) is 1.98. The minimum absolute atomic E-state index is 0.0586. The van der Waals surface area contributed by atoms with Gasteiger partial charge in [0, 0.05) is 7.05 Å². The molecule has 0 aliphatic heterocycles. The van der Waals surface area contributed by atoms with Gasteiger partial charge in [0.2, 0.25) is 5.91 Å². The van der Waals surface area contributed by atoms with Gasteiger partial charge in [0.05, 0.1) is 12.6 Å². The Hall–Kier alpha value is -2.17. The van der Waals surface area contributed by atoms with Crippen LogP contribution in [0, 0.1) is 0 Å². The highest BCUT2D eigenvalue weighted by Gasteiger charge is 2.07. The molecule has 2 aromatic rings. The molecule has 0 radical (unpaired) electrons. The lowest BCUT2D eigenvalue weighted by Crippen LogP contribution is -2.16. The molecular weight excluding hydrogens is 252 g/mol. The van der Waals surface area contributed by atoms with Crippen molar-refractivity contribution in [3.8, 4) is 0 Å². The number of rotatable bonds is 6. The Morgan fingerprint density at radius 1 is 1.25 bits per heavy atom. The molecule has 0 aliphatic rings. The predicted octanol–water partition coefficient (Wildman–Crippen LogP) is 2.34. The van der Waals surface area contributed by atoms with Gasteiger partial charge in [0.15, 0.2) is 5.82 Å². The van der Waals surface area contributed by atoms with Crippen molar-refractivity contribution < 1.29 is 4.79 Å². The first kappa shape index (κ1) is 14.2. The zero-order chi connectivity index (χ0) is 14.4. The van der Waals surface area contributed by atoms with Gasteiger partial charge in [-0.1, -0.05) is 42.8 Å². The SMILES string of the molecule is CCCCc1ccc(CC(=O)Nc2cnnn2C)cc1. The molecular formula is C15H20N4O. The highest BCUT2D eigenvalue weighted by atomic mass is 16.1. The van der Waals surface area contributed by atoms with E-state index in [9.17, 15) is 4.79 Å². The van der Waals surface area contributed by atoms with Crippen LogP contribution in [0.5, 0.6) is 0 Å². The highest BCUT2D eigenvalue weighted by Crippen LogP contribution is 2.09. The molecule has 0 fully saturated rings. The van der Waals surface area contributed by atoms with Crippen molar-refractivity contribution in [1.29, 1.82) is 0 Å². The molecule has 0 aliphatic carbocycles. The van der Waals surface area contributed by atoms with Crippen LogP contribution < -0.4 is 5.32 Å². The molecule has 1 heterocycles. The fourth-order valence-corrected chi connectivity index (χ4v) is 1.98. The summed E-state index contributed by atoms with van der Waals surface area (Å²) in [6.45, 7) is 2.19. The molecule has 2 rings (SSSR count). The molecule has 1 N–H and O–H groups in total. The van der Waals surface area contributed by atoms with Crippen molar-refractivity contribution in [3.63, 3.8) is 0 Å². The third-order valence-electron chi connectivity index (χ3n) is 3.19. The Morgan fingerprint density at radius 3 is 2.55 bits per heavy atom. The molecule has 1 aromatic carbocycles. The second-order valence-corrected chi connectivity index (χ2v) is 4.89. The van der Waals surface area contributed by atoms with E-state index in [4.69, 9.17) is 0 Å². The van der Waals surface area contributed by atoms with E-state index in [1.807, 2.05) is 12.1 Å². The van der Waals surface area contributed by atoms with Gasteiger partial charge in [-0.2, -0.15) is 0 Å². The minimum Gasteiger partial charge on any atom is -0.309 e. The molecule has 0 atom stereocenters. The van der Waals surface area contributed by atoms with Crippen LogP contribution in [0.25, 0.3) is 0 Å². The lowest BCUT2D eigenvalue weighted by atomic mass is 10.0. The van der Waals surface area contributed by atoms with Crippen LogP contribution in [0.4, 0.5) is 5.82 Å². The number of anilines is 1. The lowest BCUT2D eigenvalue weighted by Gasteiger charge is -2.05. The number of unbranched alkanes of at least 4 members (excludes halogenated alkanes) is 1. The van der Waals surface area contributed by atoms with E-state index in [1.165, 1.54) is 29.3 Å². The van der Waals surface area contributed by atoms with Gasteiger partial charge in [-0.15, -0.1) is 5.10 Å². The van der Waals surface area contributed by atoms with Crippen molar-refractivity contribution in [2.45, 2.75) is 32.6 Å². The first-order chi connectivity index (χ1) is 9.69. The average Bonchev–Trinajstić information content (AvgIpc) is 2.83. The van der Waals surface area contributed by atoms with E-state index < -0.39 is 0 Å². The maximum Gasteiger partial charge on any atom is 0.229 e. The number of hydrogen-bond donors (Lipinski definition) is 1. The Morgan fingerprint density at radius 2 is 1.95 bits per heavy atom. The van der Waals surface area contributed by atoms with Crippen LogP contribution in [0.2, 0.25) is 0 Å². The lowest BCUT2D eigenvalue weighted by molar-refractivity contribution is -0.115. The molecule has 1 amide bonds. The monoisotopic (exact) mass is 272 g/mol. The molecule has 0 spiro atoms. The zero-order valence-electron chi connectivity index (χ0n) is 12.0. The molecule has 0 saturated heterocycles. The molecule has 0 unspecified atom stereocenters. The van der Waals surface area contributed by atoms with Crippen LogP contribution >= 0.6 is 0 Å². The van der Waals surface area contributed by atoms with Crippen LogP contribution in [-0.4, -0.2) is 20.9 Å². The Kier molecular flexibility index (Phi) is 4.87. The molecule has 0 bridgehead atoms. The second kappa shape index (κ2) is 6.84. The summed E-state index contributed by atoms with van der Waals surface area (Å²) in [5.74, 6) is 0.547. The predicted molar refractivity (Wildman–Crippen MR) is 78.4 cm³/mol. The zero-order valence-corrected chi connectivity index (χ0v) is 12.0. The quantitative estimate of drug-likeness (QED) is 0.878. The first-order valence-corrected chi connectivity index (χ1v) is 6.91.